The van der Waals surface area contributed by atoms with E-state index in [2.05, 4.69) is 26.0 Å². The molecule has 0 unspecified atom stereocenters. The molecule has 2 aromatic heterocycles. The Hall–Kier alpha value is -3.72. The lowest BCUT2D eigenvalue weighted by molar-refractivity contribution is -0.124. The zero-order valence-corrected chi connectivity index (χ0v) is 16.9. The van der Waals surface area contributed by atoms with Crippen molar-refractivity contribution in [3.63, 3.8) is 0 Å². The number of benzene rings is 1. The van der Waals surface area contributed by atoms with E-state index in [-0.39, 0.29) is 18.2 Å². The first-order valence-corrected chi connectivity index (χ1v) is 10.1. The van der Waals surface area contributed by atoms with Gasteiger partial charge in [0.05, 0.1) is 23.2 Å². The van der Waals surface area contributed by atoms with Gasteiger partial charge in [0.15, 0.2) is 5.65 Å². The second kappa shape index (κ2) is 7.51. The molecule has 0 atom stereocenters. The Morgan fingerprint density at radius 1 is 1.26 bits per heavy atom. The highest BCUT2D eigenvalue weighted by molar-refractivity contribution is 6.34. The molecule has 3 heterocycles. The first-order chi connectivity index (χ1) is 15.0. The molecule has 3 N–H and O–H groups in total. The number of rotatable bonds is 5. The molecular weight excluding hydrogens is 420 g/mol. The number of carbonyl (C=O) groups excluding carboxylic acids is 3. The number of anilines is 2. The van der Waals surface area contributed by atoms with Crippen LogP contribution in [0.15, 0.2) is 42.1 Å². The summed E-state index contributed by atoms with van der Waals surface area (Å²) in [6.07, 6.45) is 5.27. The predicted molar refractivity (Wildman–Crippen MR) is 115 cm³/mol. The van der Waals surface area contributed by atoms with Crippen LogP contribution in [0.25, 0.3) is 11.7 Å². The fraction of sp³-hybridized carbons (Fsp3) is 0.190. The molecule has 9 nitrogen and oxygen atoms in total. The molecule has 5 rings (SSSR count). The summed E-state index contributed by atoms with van der Waals surface area (Å²) in [5.74, 6) is -0.181. The average molecular weight is 437 g/mol. The third kappa shape index (κ3) is 3.87. The van der Waals surface area contributed by atoms with Crippen LogP contribution in [-0.2, 0) is 9.59 Å². The van der Waals surface area contributed by atoms with E-state index >= 15 is 0 Å². The Labute approximate surface area is 181 Å². The summed E-state index contributed by atoms with van der Waals surface area (Å²) in [6.45, 7) is 0. The number of hydrogen-bond acceptors (Lipinski definition) is 6. The van der Waals surface area contributed by atoms with Gasteiger partial charge < -0.3 is 10.6 Å². The zero-order valence-electron chi connectivity index (χ0n) is 16.2. The molecule has 1 aliphatic heterocycles. The van der Waals surface area contributed by atoms with Gasteiger partial charge in [-0.2, -0.15) is 9.61 Å². The Bertz CT molecular complexity index is 1280. The smallest absolute Gasteiger partial charge is 0.258 e. The topological polar surface area (TPSA) is 117 Å². The maximum absolute atomic E-state index is 12.7. The van der Waals surface area contributed by atoms with E-state index in [0.29, 0.717) is 45.0 Å². The molecule has 0 radical (unpaired) electrons. The van der Waals surface area contributed by atoms with Gasteiger partial charge in [-0.25, -0.2) is 4.98 Å². The van der Waals surface area contributed by atoms with Crippen molar-refractivity contribution in [2.45, 2.75) is 25.3 Å². The maximum atomic E-state index is 12.7. The summed E-state index contributed by atoms with van der Waals surface area (Å²) in [7, 11) is 0. The minimum atomic E-state index is -0.427. The minimum absolute atomic E-state index is 0.00624. The number of amides is 3. The van der Waals surface area contributed by atoms with Gasteiger partial charge >= 0.3 is 0 Å². The molecule has 2 fully saturated rings. The molecule has 1 aliphatic carbocycles. The van der Waals surface area contributed by atoms with Crippen LogP contribution in [0.3, 0.4) is 0 Å². The third-order valence-electron chi connectivity index (χ3n) is 5.01. The zero-order chi connectivity index (χ0) is 21.5. The van der Waals surface area contributed by atoms with Gasteiger partial charge in [-0.05, 0) is 31.1 Å². The first kappa shape index (κ1) is 19.3. The summed E-state index contributed by atoms with van der Waals surface area (Å²) in [5, 5.41) is 13.1. The molecule has 3 amide bonds. The first-order valence-electron chi connectivity index (χ1n) is 9.74. The van der Waals surface area contributed by atoms with Gasteiger partial charge in [0.1, 0.15) is 11.6 Å². The summed E-state index contributed by atoms with van der Waals surface area (Å²) in [5.41, 5.74) is 1.68. The monoisotopic (exact) mass is 436 g/mol. The van der Waals surface area contributed by atoms with Gasteiger partial charge in [-0.3, -0.25) is 19.7 Å². The van der Waals surface area contributed by atoms with Gasteiger partial charge in [0.25, 0.3) is 11.8 Å². The predicted octanol–water partition coefficient (Wildman–Crippen LogP) is 2.64. The van der Waals surface area contributed by atoms with Crippen LogP contribution >= 0.6 is 11.6 Å². The highest BCUT2D eigenvalue weighted by Gasteiger charge is 2.26. The van der Waals surface area contributed by atoms with E-state index in [9.17, 15) is 14.4 Å². The summed E-state index contributed by atoms with van der Waals surface area (Å²) < 4.78 is 1.62. The molecule has 1 saturated carbocycles. The van der Waals surface area contributed by atoms with E-state index in [0.717, 1.165) is 12.8 Å². The van der Waals surface area contributed by atoms with Crippen molar-refractivity contribution < 1.29 is 14.4 Å². The minimum Gasteiger partial charge on any atom is -0.367 e. The second-order valence-electron chi connectivity index (χ2n) is 7.44. The van der Waals surface area contributed by atoms with Crippen LogP contribution in [0.1, 0.15) is 35.2 Å². The molecule has 2 aliphatic rings. The van der Waals surface area contributed by atoms with Crippen molar-refractivity contribution in [2.24, 2.45) is 0 Å². The lowest BCUT2D eigenvalue weighted by Crippen LogP contribution is -2.19. The quantitative estimate of drug-likeness (QED) is 0.418. The van der Waals surface area contributed by atoms with Gasteiger partial charge in [-0.15, -0.1) is 0 Å². The van der Waals surface area contributed by atoms with E-state index < -0.39 is 5.91 Å². The van der Waals surface area contributed by atoms with Crippen LogP contribution in [0.5, 0.6) is 0 Å². The van der Waals surface area contributed by atoms with Crippen molar-refractivity contribution in [3.8, 4) is 0 Å². The number of imide groups is 1. The van der Waals surface area contributed by atoms with Crippen molar-refractivity contribution in [2.75, 3.05) is 10.6 Å². The number of nitrogens with zero attached hydrogens (tertiary/aromatic N) is 3. The van der Waals surface area contributed by atoms with Crippen molar-refractivity contribution in [1.29, 1.82) is 0 Å². The lowest BCUT2D eigenvalue weighted by Gasteiger charge is -2.11. The number of aromatic nitrogens is 3. The highest BCUT2D eigenvalue weighted by atomic mass is 35.5. The molecule has 1 aromatic carbocycles. The fourth-order valence-electron chi connectivity index (χ4n) is 3.32. The lowest BCUT2D eigenvalue weighted by atomic mass is 10.1. The third-order valence-corrected chi connectivity index (χ3v) is 5.34. The van der Waals surface area contributed by atoms with E-state index in [1.807, 2.05) is 0 Å². The molecule has 0 spiro atoms. The summed E-state index contributed by atoms with van der Waals surface area (Å²) in [6, 6.07) is 8.79. The molecule has 31 heavy (non-hydrogen) atoms. The Balaban J connectivity index is 1.54. The standard InChI is InChI=1S/C21H17ClN6O3/c22-15-4-2-1-3-14(15)21(31)26-16-9-17(24-13-5-6-13)28-19(25-16)12(10-23-28)7-11-8-18(29)27-20(11)30/h1-4,7,9-10,13,24H,5-6,8H2,(H,25,26,31)(H,27,29,30)/b11-7+. The summed E-state index contributed by atoms with van der Waals surface area (Å²) >= 11 is 6.14. The van der Waals surface area contributed by atoms with E-state index in [1.165, 1.54) is 0 Å². The Kier molecular flexibility index (Phi) is 4.67. The largest absolute Gasteiger partial charge is 0.367 e. The van der Waals surface area contributed by atoms with Crippen LogP contribution in [0, 0.1) is 0 Å². The normalized spacial score (nSPS) is 17.3. The summed E-state index contributed by atoms with van der Waals surface area (Å²) in [4.78, 5) is 40.7. The molecule has 3 aromatic rings. The molecule has 156 valence electrons. The number of hydrogen-bond donors (Lipinski definition) is 3. The van der Waals surface area contributed by atoms with Gasteiger partial charge in [0, 0.05) is 23.2 Å². The van der Waals surface area contributed by atoms with Gasteiger partial charge in [-0.1, -0.05) is 23.7 Å². The average Bonchev–Trinajstić information content (AvgIpc) is 3.37. The molecular formula is C21H17ClN6O3. The maximum Gasteiger partial charge on any atom is 0.258 e. The number of carbonyl (C=O) groups is 3. The Morgan fingerprint density at radius 2 is 2.06 bits per heavy atom. The van der Waals surface area contributed by atoms with Crippen molar-refractivity contribution in [1.82, 2.24) is 19.9 Å². The van der Waals surface area contributed by atoms with Crippen LogP contribution in [-0.4, -0.2) is 38.4 Å². The fourth-order valence-corrected chi connectivity index (χ4v) is 3.54. The van der Waals surface area contributed by atoms with Crippen molar-refractivity contribution in [3.05, 3.63) is 58.3 Å². The van der Waals surface area contributed by atoms with E-state index in [4.69, 9.17) is 11.6 Å². The van der Waals surface area contributed by atoms with Crippen LogP contribution in [0.2, 0.25) is 5.02 Å². The number of fused-ring (bicyclic) bond motifs is 1. The number of nitrogens with one attached hydrogen (secondary N) is 3. The van der Waals surface area contributed by atoms with Crippen LogP contribution in [0.4, 0.5) is 11.6 Å². The molecule has 0 bridgehead atoms. The van der Waals surface area contributed by atoms with Crippen molar-refractivity contribution >= 4 is 52.7 Å². The van der Waals surface area contributed by atoms with Gasteiger partial charge in [0.2, 0.25) is 5.91 Å². The second-order valence-corrected chi connectivity index (χ2v) is 7.85. The van der Waals surface area contributed by atoms with E-state index in [1.54, 1.807) is 47.1 Å². The number of halogens is 1. The molecule has 10 heteroatoms. The Morgan fingerprint density at radius 3 is 2.77 bits per heavy atom. The highest BCUT2D eigenvalue weighted by Crippen LogP contribution is 2.28. The van der Waals surface area contributed by atoms with Crippen LogP contribution < -0.4 is 16.0 Å². The SMILES string of the molecule is O=C1C/C(=C\c2cnn3c(NC4CC4)cc(NC(=O)c4ccccc4Cl)nc23)C(=O)N1. The molecule has 1 saturated heterocycles.